The van der Waals surface area contributed by atoms with Gasteiger partial charge in [0.2, 0.25) is 0 Å². The van der Waals surface area contributed by atoms with Gasteiger partial charge in [-0.3, -0.25) is 0 Å². The molecule has 0 aliphatic heterocycles. The summed E-state index contributed by atoms with van der Waals surface area (Å²) < 4.78 is 0. The Hall–Kier alpha value is 0.0374. The van der Waals surface area contributed by atoms with Gasteiger partial charge in [-0.25, -0.2) is 0 Å². The predicted molar refractivity (Wildman–Crippen MR) is 36.8 cm³/mol. The molecule has 0 heterocycles. The second-order valence-corrected chi connectivity index (χ2v) is 2.29. The van der Waals surface area contributed by atoms with Crippen molar-refractivity contribution in [2.75, 3.05) is 0 Å². The fourth-order valence-electron chi connectivity index (χ4n) is 0.615. The van der Waals surface area contributed by atoms with E-state index >= 15 is 0 Å². The zero-order valence-electron chi connectivity index (χ0n) is 5.72. The van der Waals surface area contributed by atoms with Crippen LogP contribution in [-0.2, 0) is 12.6 Å². The van der Waals surface area contributed by atoms with Crippen molar-refractivity contribution in [3.05, 3.63) is 29.8 Å². The van der Waals surface area contributed by atoms with Crippen molar-refractivity contribution in [1.29, 1.82) is 0 Å². The molecule has 0 nitrogen and oxygen atoms in total. The minimum atomic E-state index is 0. The fraction of sp³-hybridized carbons (Fsp3) is 0.143. The van der Waals surface area contributed by atoms with E-state index in [1.165, 1.54) is 5.56 Å². The van der Waals surface area contributed by atoms with Gasteiger partial charge in [0.15, 0.2) is 0 Å². The van der Waals surface area contributed by atoms with Crippen molar-refractivity contribution < 1.29 is 18.9 Å². The van der Waals surface area contributed by atoms with E-state index in [2.05, 4.69) is 0 Å². The van der Waals surface area contributed by atoms with E-state index in [9.17, 15) is 0 Å². The van der Waals surface area contributed by atoms with Crippen molar-refractivity contribution in [3.8, 4) is 0 Å². The summed E-state index contributed by atoms with van der Waals surface area (Å²) in [6, 6.07) is 7.91. The molecular weight excluding hydrogens is 123 g/mol. The quantitative estimate of drug-likeness (QED) is 0.317. The molecule has 0 spiro atoms. The summed E-state index contributed by atoms with van der Waals surface area (Å²) >= 11 is 4.90. The van der Waals surface area contributed by atoms with Crippen molar-refractivity contribution in [2.45, 2.75) is 11.8 Å². The van der Waals surface area contributed by atoms with Crippen LogP contribution in [0.1, 0.15) is 5.56 Å². The zero-order valence-corrected chi connectivity index (χ0v) is 6.53. The standard InChI is InChI=1S/C7H8S.Li/c1-6-3-2-4-7(8)5-6;/h2-5,8H,1H3;/q;+1/p-1. The molecule has 9 heavy (non-hydrogen) atoms. The van der Waals surface area contributed by atoms with Crippen LogP contribution in [0.4, 0.5) is 0 Å². The van der Waals surface area contributed by atoms with Crippen LogP contribution in [0.15, 0.2) is 29.2 Å². The molecule has 1 aromatic carbocycles. The molecule has 0 aliphatic carbocycles. The van der Waals surface area contributed by atoms with E-state index in [4.69, 9.17) is 12.6 Å². The molecule has 42 valence electrons. The first-order valence-corrected chi connectivity index (χ1v) is 2.93. The summed E-state index contributed by atoms with van der Waals surface area (Å²) in [6.45, 7) is 2.04. The van der Waals surface area contributed by atoms with Crippen molar-refractivity contribution in [2.24, 2.45) is 0 Å². The SMILES string of the molecule is Cc1cccc([S-])c1.[Li+]. The van der Waals surface area contributed by atoms with E-state index < -0.39 is 0 Å². The Balaban J connectivity index is 0.000000640. The van der Waals surface area contributed by atoms with E-state index in [0.29, 0.717) is 0 Å². The molecule has 1 rings (SSSR count). The maximum absolute atomic E-state index is 4.90. The van der Waals surface area contributed by atoms with Gasteiger partial charge in [-0.2, -0.15) is 4.90 Å². The second-order valence-electron chi connectivity index (χ2n) is 1.82. The van der Waals surface area contributed by atoms with Crippen molar-refractivity contribution >= 4 is 12.6 Å². The summed E-state index contributed by atoms with van der Waals surface area (Å²) in [4.78, 5) is 0.921. The van der Waals surface area contributed by atoms with Crippen molar-refractivity contribution in [3.63, 3.8) is 0 Å². The van der Waals surface area contributed by atoms with Crippen LogP contribution in [0.3, 0.4) is 0 Å². The molecule has 1 aromatic rings. The molecule has 0 aromatic heterocycles. The Kier molecular flexibility index (Phi) is 3.97. The summed E-state index contributed by atoms with van der Waals surface area (Å²) in [5.74, 6) is 0. The van der Waals surface area contributed by atoms with Gasteiger partial charge in [0, 0.05) is 0 Å². The molecule has 0 fully saturated rings. The van der Waals surface area contributed by atoms with E-state index in [0.717, 1.165) is 4.90 Å². The van der Waals surface area contributed by atoms with E-state index in [1.807, 2.05) is 31.2 Å². The summed E-state index contributed by atoms with van der Waals surface area (Å²) in [5, 5.41) is 0. The molecule has 0 saturated carbocycles. The van der Waals surface area contributed by atoms with E-state index in [1.54, 1.807) is 0 Å². The summed E-state index contributed by atoms with van der Waals surface area (Å²) in [5.41, 5.74) is 1.23. The van der Waals surface area contributed by atoms with Gasteiger partial charge in [-0.05, 0) is 6.92 Å². The van der Waals surface area contributed by atoms with E-state index in [-0.39, 0.29) is 18.9 Å². The first kappa shape index (κ1) is 9.04. The van der Waals surface area contributed by atoms with Gasteiger partial charge in [-0.1, -0.05) is 29.8 Å². The van der Waals surface area contributed by atoms with Gasteiger partial charge >= 0.3 is 18.9 Å². The average Bonchev–Trinajstić information content (AvgIpc) is 1.64. The van der Waals surface area contributed by atoms with Crippen LogP contribution in [-0.4, -0.2) is 0 Å². The smallest absolute Gasteiger partial charge is 0.780 e. The third-order valence-electron chi connectivity index (χ3n) is 0.990. The summed E-state index contributed by atoms with van der Waals surface area (Å²) in [7, 11) is 0. The molecule has 0 bridgehead atoms. The topological polar surface area (TPSA) is 0 Å². The maximum Gasteiger partial charge on any atom is 1.00 e. The second kappa shape index (κ2) is 3.95. The molecule has 0 radical (unpaired) electrons. The maximum atomic E-state index is 4.90. The molecule has 0 aliphatic rings. The van der Waals surface area contributed by atoms with Crippen LogP contribution in [0.2, 0.25) is 0 Å². The number of aryl methyl sites for hydroxylation is 1. The van der Waals surface area contributed by atoms with Gasteiger partial charge in [0.25, 0.3) is 0 Å². The predicted octanol–water partition coefficient (Wildman–Crippen LogP) is -1.10. The number of hydrogen-bond acceptors (Lipinski definition) is 1. The Labute approximate surface area is 73.2 Å². The molecule has 0 saturated heterocycles. The number of rotatable bonds is 0. The summed E-state index contributed by atoms with van der Waals surface area (Å²) in [6.07, 6.45) is 0. The monoisotopic (exact) mass is 130 g/mol. The minimum absolute atomic E-state index is 0. The zero-order chi connectivity index (χ0) is 5.98. The molecule has 0 unspecified atom stereocenters. The largest absolute Gasteiger partial charge is 1.00 e. The van der Waals surface area contributed by atoms with Gasteiger partial charge in [-0.15, -0.1) is 0 Å². The Bertz CT molecular complexity index is 169. The molecule has 0 atom stereocenters. The van der Waals surface area contributed by atoms with Crippen LogP contribution >= 0.6 is 0 Å². The third kappa shape index (κ3) is 2.91. The Morgan fingerprint density at radius 2 is 2.00 bits per heavy atom. The molecule has 0 amide bonds. The number of hydrogen-bond donors (Lipinski definition) is 0. The molecule has 0 N–H and O–H groups in total. The molecular formula is C7H7LiS. The minimum Gasteiger partial charge on any atom is -0.780 e. The first-order chi connectivity index (χ1) is 3.79. The number of benzene rings is 1. The normalized spacial score (nSPS) is 8.11. The van der Waals surface area contributed by atoms with Gasteiger partial charge in [0.1, 0.15) is 0 Å². The third-order valence-corrected chi connectivity index (χ3v) is 1.24. The van der Waals surface area contributed by atoms with Crippen LogP contribution in [0, 0.1) is 6.92 Å². The average molecular weight is 130 g/mol. The van der Waals surface area contributed by atoms with Gasteiger partial charge in [0.05, 0.1) is 0 Å². The fourth-order valence-corrected chi connectivity index (χ4v) is 0.880. The van der Waals surface area contributed by atoms with Crippen molar-refractivity contribution in [1.82, 2.24) is 0 Å². The van der Waals surface area contributed by atoms with Crippen LogP contribution < -0.4 is 18.9 Å². The first-order valence-electron chi connectivity index (χ1n) is 2.53. The Morgan fingerprint density at radius 3 is 2.33 bits per heavy atom. The molecule has 2 heteroatoms. The Morgan fingerprint density at radius 1 is 1.33 bits per heavy atom. The van der Waals surface area contributed by atoms with Gasteiger partial charge < -0.3 is 12.6 Å². The van der Waals surface area contributed by atoms with Crippen LogP contribution in [0.5, 0.6) is 0 Å². The van der Waals surface area contributed by atoms with Crippen LogP contribution in [0.25, 0.3) is 0 Å².